The summed E-state index contributed by atoms with van der Waals surface area (Å²) in [6.45, 7) is 0.733. The zero-order valence-electron chi connectivity index (χ0n) is 19.9. The van der Waals surface area contributed by atoms with Gasteiger partial charge in [0.2, 0.25) is 0 Å². The number of methoxy groups -OCH3 is 1. The molecule has 0 radical (unpaired) electrons. The number of ether oxygens (including phenoxy) is 2. The lowest BCUT2D eigenvalue weighted by molar-refractivity contribution is -0.147. The largest absolute Gasteiger partial charge is 0.481 e. The normalized spacial score (nSPS) is 17.9. The van der Waals surface area contributed by atoms with Crippen molar-refractivity contribution in [3.05, 3.63) is 59.7 Å². The van der Waals surface area contributed by atoms with E-state index in [-0.39, 0.29) is 37.4 Å². The molecule has 2 aromatic rings. The van der Waals surface area contributed by atoms with Crippen LogP contribution in [0.5, 0.6) is 0 Å². The van der Waals surface area contributed by atoms with Crippen molar-refractivity contribution in [2.24, 2.45) is 0 Å². The summed E-state index contributed by atoms with van der Waals surface area (Å²) < 4.78 is 10.9. The molecule has 1 saturated heterocycles. The summed E-state index contributed by atoms with van der Waals surface area (Å²) in [6, 6.07) is 16.1. The fourth-order valence-corrected chi connectivity index (χ4v) is 5.16. The number of aliphatic carboxylic acids is 1. The summed E-state index contributed by atoms with van der Waals surface area (Å²) in [7, 11) is 1.43. The van der Waals surface area contributed by atoms with E-state index < -0.39 is 18.2 Å². The van der Waals surface area contributed by atoms with Gasteiger partial charge >= 0.3 is 12.1 Å². The molecular weight excluding hydrogens is 448 g/mol. The minimum atomic E-state index is -0.872. The molecule has 0 spiro atoms. The number of fused-ring (bicyclic) bond motifs is 3. The van der Waals surface area contributed by atoms with Gasteiger partial charge in [-0.3, -0.25) is 9.59 Å². The van der Waals surface area contributed by atoms with Crippen molar-refractivity contribution in [2.75, 3.05) is 26.8 Å². The lowest BCUT2D eigenvalue weighted by atomic mass is 9.97. The van der Waals surface area contributed by atoms with Crippen molar-refractivity contribution in [3.8, 4) is 11.1 Å². The minimum Gasteiger partial charge on any atom is -0.481 e. The summed E-state index contributed by atoms with van der Waals surface area (Å²) >= 11 is 0. The van der Waals surface area contributed by atoms with Crippen LogP contribution >= 0.6 is 0 Å². The van der Waals surface area contributed by atoms with Gasteiger partial charge < -0.3 is 24.8 Å². The molecular formula is C27H32N2O6. The second-order valence-corrected chi connectivity index (χ2v) is 9.04. The highest BCUT2D eigenvalue weighted by atomic mass is 16.5. The average Bonchev–Trinajstić information content (AvgIpc) is 3.20. The number of alkyl carbamates (subject to hydrolysis) is 1. The Balaban J connectivity index is 1.32. The monoisotopic (exact) mass is 480 g/mol. The zero-order chi connectivity index (χ0) is 24.8. The van der Waals surface area contributed by atoms with Crippen LogP contribution in [0.4, 0.5) is 4.79 Å². The number of rotatable bonds is 9. The van der Waals surface area contributed by atoms with E-state index in [1.165, 1.54) is 7.11 Å². The van der Waals surface area contributed by atoms with Crippen molar-refractivity contribution < 1.29 is 29.0 Å². The predicted molar refractivity (Wildman–Crippen MR) is 130 cm³/mol. The topological polar surface area (TPSA) is 105 Å². The SMILES string of the molecule is COC(CNC(=O)OCC1c2ccccc2-c2ccccc21)C(=O)N1CCCCC1CCC(=O)O. The van der Waals surface area contributed by atoms with E-state index >= 15 is 0 Å². The van der Waals surface area contributed by atoms with Gasteiger partial charge in [-0.1, -0.05) is 48.5 Å². The molecule has 8 nitrogen and oxygen atoms in total. The Labute approximate surface area is 205 Å². The maximum absolute atomic E-state index is 13.1. The number of carbonyl (C=O) groups excluding carboxylic acids is 2. The highest BCUT2D eigenvalue weighted by Crippen LogP contribution is 2.44. The van der Waals surface area contributed by atoms with E-state index in [0.29, 0.717) is 13.0 Å². The number of carboxylic acid groups (broad SMARTS) is 1. The van der Waals surface area contributed by atoms with Gasteiger partial charge in [-0.05, 0) is 47.9 Å². The molecule has 0 bridgehead atoms. The Bertz CT molecular complexity index is 1030. The predicted octanol–water partition coefficient (Wildman–Crippen LogP) is 3.79. The number of likely N-dealkylation sites (tertiary alicyclic amines) is 1. The van der Waals surface area contributed by atoms with Crippen LogP contribution in [0, 0.1) is 0 Å². The lowest BCUT2D eigenvalue weighted by Crippen LogP contribution is -2.51. The maximum atomic E-state index is 13.1. The van der Waals surface area contributed by atoms with Crippen LogP contribution in [0.15, 0.2) is 48.5 Å². The van der Waals surface area contributed by atoms with Crippen LogP contribution < -0.4 is 5.32 Å². The molecule has 2 aromatic carbocycles. The first-order valence-corrected chi connectivity index (χ1v) is 12.1. The molecule has 186 valence electrons. The zero-order valence-corrected chi connectivity index (χ0v) is 19.9. The molecule has 0 aromatic heterocycles. The van der Waals surface area contributed by atoms with Crippen LogP contribution in [0.25, 0.3) is 11.1 Å². The highest BCUT2D eigenvalue weighted by Gasteiger charge is 2.33. The Kier molecular flexibility index (Phi) is 8.02. The molecule has 1 heterocycles. The van der Waals surface area contributed by atoms with Gasteiger partial charge in [-0.15, -0.1) is 0 Å². The number of hydrogen-bond donors (Lipinski definition) is 2. The van der Waals surface area contributed by atoms with Crippen molar-refractivity contribution in [1.82, 2.24) is 10.2 Å². The Hall–Kier alpha value is -3.39. The Morgan fingerprint density at radius 1 is 1.06 bits per heavy atom. The van der Waals surface area contributed by atoms with Crippen molar-refractivity contribution in [2.45, 2.75) is 50.2 Å². The molecule has 0 saturated carbocycles. The van der Waals surface area contributed by atoms with Gasteiger partial charge in [0.15, 0.2) is 6.10 Å². The van der Waals surface area contributed by atoms with E-state index in [1.807, 2.05) is 24.3 Å². The summed E-state index contributed by atoms with van der Waals surface area (Å²) in [5.41, 5.74) is 4.56. The molecule has 35 heavy (non-hydrogen) atoms. The number of piperidine rings is 1. The molecule has 2 amide bonds. The smallest absolute Gasteiger partial charge is 0.407 e. The second-order valence-electron chi connectivity index (χ2n) is 9.04. The van der Waals surface area contributed by atoms with Gasteiger partial charge in [0.1, 0.15) is 6.61 Å². The number of hydrogen-bond acceptors (Lipinski definition) is 5. The van der Waals surface area contributed by atoms with Crippen LogP contribution in [-0.4, -0.2) is 66.9 Å². The van der Waals surface area contributed by atoms with E-state index in [1.54, 1.807) is 4.90 Å². The number of nitrogens with one attached hydrogen (secondary N) is 1. The number of benzene rings is 2. The van der Waals surface area contributed by atoms with Gasteiger partial charge in [-0.2, -0.15) is 0 Å². The van der Waals surface area contributed by atoms with Crippen LogP contribution in [0.1, 0.15) is 49.1 Å². The van der Waals surface area contributed by atoms with Gasteiger partial charge in [0.05, 0.1) is 6.54 Å². The van der Waals surface area contributed by atoms with Crippen LogP contribution in [-0.2, 0) is 19.1 Å². The molecule has 1 aliphatic heterocycles. The van der Waals surface area contributed by atoms with Crippen molar-refractivity contribution in [1.29, 1.82) is 0 Å². The summed E-state index contributed by atoms with van der Waals surface area (Å²) in [6.07, 6.45) is 1.56. The third-order valence-electron chi connectivity index (χ3n) is 6.94. The third kappa shape index (κ3) is 5.65. The molecule has 1 fully saturated rings. The standard InChI is InChI=1S/C27H32N2O6/c1-34-24(26(32)29-15-7-6-8-18(29)13-14-25(30)31)16-28-27(33)35-17-23-21-11-4-2-9-19(21)20-10-3-5-12-22(20)23/h2-5,9-12,18,23-24H,6-8,13-17H2,1H3,(H,28,33)(H,30,31). The summed E-state index contributed by atoms with van der Waals surface area (Å²) in [4.78, 5) is 38.3. The molecule has 4 rings (SSSR count). The Morgan fingerprint density at radius 2 is 1.71 bits per heavy atom. The number of carboxylic acids is 1. The lowest BCUT2D eigenvalue weighted by Gasteiger charge is -2.37. The van der Waals surface area contributed by atoms with E-state index in [2.05, 4.69) is 29.6 Å². The first kappa shape index (κ1) is 24.7. The fraction of sp³-hybridized carbons (Fsp3) is 0.444. The Morgan fingerprint density at radius 3 is 2.34 bits per heavy atom. The van der Waals surface area contributed by atoms with Crippen molar-refractivity contribution in [3.63, 3.8) is 0 Å². The first-order chi connectivity index (χ1) is 17.0. The second kappa shape index (κ2) is 11.4. The number of amides is 2. The molecule has 2 atom stereocenters. The van der Waals surface area contributed by atoms with E-state index in [0.717, 1.165) is 41.5 Å². The number of nitrogens with zero attached hydrogens (tertiary/aromatic N) is 1. The fourth-order valence-electron chi connectivity index (χ4n) is 5.16. The number of carbonyl (C=O) groups is 3. The van der Waals surface area contributed by atoms with Gasteiger partial charge in [0.25, 0.3) is 5.91 Å². The minimum absolute atomic E-state index is 0.0180. The van der Waals surface area contributed by atoms with E-state index in [4.69, 9.17) is 14.6 Å². The first-order valence-electron chi connectivity index (χ1n) is 12.1. The average molecular weight is 481 g/mol. The molecule has 1 aliphatic carbocycles. The molecule has 8 heteroatoms. The molecule has 2 N–H and O–H groups in total. The van der Waals surface area contributed by atoms with E-state index in [9.17, 15) is 14.4 Å². The summed E-state index contributed by atoms with van der Waals surface area (Å²) in [5, 5.41) is 11.7. The van der Waals surface area contributed by atoms with Crippen molar-refractivity contribution >= 4 is 18.0 Å². The quantitative estimate of drug-likeness (QED) is 0.566. The van der Waals surface area contributed by atoms with Crippen LogP contribution in [0.2, 0.25) is 0 Å². The summed E-state index contributed by atoms with van der Waals surface area (Å²) in [5.74, 6) is -1.15. The molecule has 2 aliphatic rings. The maximum Gasteiger partial charge on any atom is 0.407 e. The third-order valence-corrected chi connectivity index (χ3v) is 6.94. The van der Waals surface area contributed by atoms with Gasteiger partial charge in [-0.25, -0.2) is 4.79 Å². The van der Waals surface area contributed by atoms with Crippen LogP contribution in [0.3, 0.4) is 0 Å². The highest BCUT2D eigenvalue weighted by molar-refractivity contribution is 5.82. The molecule has 2 unspecified atom stereocenters. The van der Waals surface area contributed by atoms with Gasteiger partial charge in [0, 0.05) is 32.0 Å².